The maximum Gasteiger partial charge on any atom is 0.165 e. The second-order valence-corrected chi connectivity index (χ2v) is 5.94. The highest BCUT2D eigenvalue weighted by Gasteiger charge is 2.30. The molecule has 1 aliphatic heterocycles. The number of halogens is 1. The molecule has 0 spiro atoms. The van der Waals surface area contributed by atoms with E-state index in [4.69, 9.17) is 10.5 Å². The van der Waals surface area contributed by atoms with Crippen molar-refractivity contribution in [2.24, 2.45) is 11.7 Å². The van der Waals surface area contributed by atoms with Gasteiger partial charge in [0.15, 0.2) is 11.6 Å². The molecular weight excluding hydrogens is 279 g/mol. The minimum atomic E-state index is -0.330. The lowest BCUT2D eigenvalue weighted by molar-refractivity contribution is 0.144. The van der Waals surface area contributed by atoms with Crippen LogP contribution < -0.4 is 10.5 Å². The van der Waals surface area contributed by atoms with E-state index in [1.807, 2.05) is 24.3 Å². The zero-order chi connectivity index (χ0) is 15.5. The van der Waals surface area contributed by atoms with E-state index in [9.17, 15) is 4.39 Å². The Bertz CT molecular complexity index is 632. The highest BCUT2D eigenvalue weighted by atomic mass is 19.1. The summed E-state index contributed by atoms with van der Waals surface area (Å²) >= 11 is 0. The predicted molar refractivity (Wildman–Crippen MR) is 85.1 cm³/mol. The molecule has 2 aromatic rings. The van der Waals surface area contributed by atoms with E-state index in [-0.39, 0.29) is 17.8 Å². The standard InChI is InChI=1S/C18H21FN2O/c1-21(10-13-6-3-2-4-7-13)11-14-12-22-18-15(17(14)20)8-5-9-16(18)19/h2-9,14,17H,10-12,20H2,1H3. The minimum absolute atomic E-state index is 0.156. The van der Waals surface area contributed by atoms with Crippen LogP contribution >= 0.6 is 0 Å². The Hall–Kier alpha value is -1.91. The van der Waals surface area contributed by atoms with Crippen LogP contribution in [-0.2, 0) is 6.54 Å². The van der Waals surface area contributed by atoms with Gasteiger partial charge in [-0.1, -0.05) is 42.5 Å². The SMILES string of the molecule is CN(Cc1ccccc1)CC1COc2c(F)cccc2C1N. The van der Waals surface area contributed by atoms with E-state index in [1.165, 1.54) is 11.6 Å². The number of benzene rings is 2. The average molecular weight is 300 g/mol. The fourth-order valence-corrected chi connectivity index (χ4v) is 3.01. The van der Waals surface area contributed by atoms with Gasteiger partial charge in [-0.15, -0.1) is 0 Å². The maximum atomic E-state index is 13.7. The van der Waals surface area contributed by atoms with Gasteiger partial charge in [-0.2, -0.15) is 0 Å². The molecule has 2 unspecified atom stereocenters. The van der Waals surface area contributed by atoms with Gasteiger partial charge in [0.05, 0.1) is 6.61 Å². The van der Waals surface area contributed by atoms with Crippen molar-refractivity contribution < 1.29 is 9.13 Å². The third-order valence-electron chi connectivity index (χ3n) is 4.15. The van der Waals surface area contributed by atoms with Crippen molar-refractivity contribution in [1.82, 2.24) is 4.90 Å². The lowest BCUT2D eigenvalue weighted by atomic mass is 9.91. The van der Waals surface area contributed by atoms with Crippen molar-refractivity contribution in [3.8, 4) is 5.75 Å². The van der Waals surface area contributed by atoms with Crippen LogP contribution in [0.15, 0.2) is 48.5 Å². The first kappa shape index (κ1) is 15.0. The Balaban J connectivity index is 1.66. The first-order valence-electron chi connectivity index (χ1n) is 7.54. The smallest absolute Gasteiger partial charge is 0.165 e. The topological polar surface area (TPSA) is 38.5 Å². The molecule has 4 heteroatoms. The molecule has 0 aliphatic carbocycles. The summed E-state index contributed by atoms with van der Waals surface area (Å²) in [7, 11) is 2.07. The number of hydrogen-bond donors (Lipinski definition) is 1. The van der Waals surface area contributed by atoms with Gasteiger partial charge < -0.3 is 15.4 Å². The van der Waals surface area contributed by atoms with Gasteiger partial charge in [0.25, 0.3) is 0 Å². The molecule has 3 rings (SSSR count). The number of ether oxygens (including phenoxy) is 1. The van der Waals surface area contributed by atoms with Gasteiger partial charge in [-0.05, 0) is 18.7 Å². The first-order chi connectivity index (χ1) is 10.6. The molecule has 0 bridgehead atoms. The lowest BCUT2D eigenvalue weighted by Crippen LogP contribution is -2.39. The van der Waals surface area contributed by atoms with Crippen LogP contribution in [0.3, 0.4) is 0 Å². The normalized spacial score (nSPS) is 20.5. The molecule has 2 atom stereocenters. The van der Waals surface area contributed by atoms with Crippen LogP contribution in [0.5, 0.6) is 5.75 Å². The molecule has 22 heavy (non-hydrogen) atoms. The molecule has 0 saturated carbocycles. The third kappa shape index (κ3) is 3.13. The Morgan fingerprint density at radius 3 is 2.73 bits per heavy atom. The highest BCUT2D eigenvalue weighted by molar-refractivity contribution is 5.39. The van der Waals surface area contributed by atoms with Crippen molar-refractivity contribution in [1.29, 1.82) is 0 Å². The molecule has 116 valence electrons. The first-order valence-corrected chi connectivity index (χ1v) is 7.54. The average Bonchev–Trinajstić information content (AvgIpc) is 2.52. The van der Waals surface area contributed by atoms with Gasteiger partial charge in [0.2, 0.25) is 0 Å². The number of hydrogen-bond acceptors (Lipinski definition) is 3. The largest absolute Gasteiger partial charge is 0.490 e. The van der Waals surface area contributed by atoms with E-state index >= 15 is 0 Å². The molecule has 0 aromatic heterocycles. The molecule has 0 fully saturated rings. The van der Waals surface area contributed by atoms with Gasteiger partial charge >= 0.3 is 0 Å². The summed E-state index contributed by atoms with van der Waals surface area (Å²) in [5.74, 6) is 0.143. The Labute approximate surface area is 130 Å². The summed E-state index contributed by atoms with van der Waals surface area (Å²) in [5.41, 5.74) is 8.36. The second-order valence-electron chi connectivity index (χ2n) is 5.94. The number of fused-ring (bicyclic) bond motifs is 1. The van der Waals surface area contributed by atoms with Crippen molar-refractivity contribution >= 4 is 0 Å². The number of para-hydroxylation sites is 1. The summed E-state index contributed by atoms with van der Waals surface area (Å²) < 4.78 is 19.3. The van der Waals surface area contributed by atoms with Gasteiger partial charge in [0, 0.05) is 30.6 Å². The van der Waals surface area contributed by atoms with Crippen LogP contribution in [0, 0.1) is 11.7 Å². The molecule has 3 nitrogen and oxygen atoms in total. The van der Waals surface area contributed by atoms with Crippen LogP contribution in [0.2, 0.25) is 0 Å². The van der Waals surface area contributed by atoms with Crippen LogP contribution in [0.4, 0.5) is 4.39 Å². The third-order valence-corrected chi connectivity index (χ3v) is 4.15. The predicted octanol–water partition coefficient (Wildman–Crippen LogP) is 2.97. The van der Waals surface area contributed by atoms with Gasteiger partial charge in [-0.25, -0.2) is 4.39 Å². The molecule has 1 aliphatic rings. The zero-order valence-corrected chi connectivity index (χ0v) is 12.7. The van der Waals surface area contributed by atoms with Crippen molar-refractivity contribution in [3.63, 3.8) is 0 Å². The lowest BCUT2D eigenvalue weighted by Gasteiger charge is -2.33. The zero-order valence-electron chi connectivity index (χ0n) is 12.7. The Morgan fingerprint density at radius 2 is 1.95 bits per heavy atom. The molecule has 0 amide bonds. The summed E-state index contributed by atoms with van der Waals surface area (Å²) in [4.78, 5) is 2.23. The summed E-state index contributed by atoms with van der Waals surface area (Å²) in [5, 5.41) is 0. The monoisotopic (exact) mass is 300 g/mol. The number of rotatable bonds is 4. The van der Waals surface area contributed by atoms with Crippen molar-refractivity contribution in [2.45, 2.75) is 12.6 Å². The van der Waals surface area contributed by atoms with Crippen molar-refractivity contribution in [2.75, 3.05) is 20.2 Å². The molecule has 2 N–H and O–H groups in total. The second kappa shape index (κ2) is 6.46. The van der Waals surface area contributed by atoms with E-state index < -0.39 is 0 Å². The van der Waals surface area contributed by atoms with Gasteiger partial charge in [-0.3, -0.25) is 0 Å². The maximum absolute atomic E-state index is 13.7. The quantitative estimate of drug-likeness (QED) is 0.943. The van der Waals surface area contributed by atoms with Crippen LogP contribution in [-0.4, -0.2) is 25.1 Å². The number of nitrogens with two attached hydrogens (primary N) is 1. The number of nitrogens with zero attached hydrogens (tertiary/aromatic N) is 1. The summed E-state index contributed by atoms with van der Waals surface area (Å²) in [6.45, 7) is 2.13. The molecule has 0 radical (unpaired) electrons. The van der Waals surface area contributed by atoms with E-state index in [0.29, 0.717) is 12.4 Å². The minimum Gasteiger partial charge on any atom is -0.490 e. The molecular formula is C18H21FN2O. The van der Waals surface area contributed by atoms with Crippen LogP contribution in [0.1, 0.15) is 17.2 Å². The summed E-state index contributed by atoms with van der Waals surface area (Å²) in [6.07, 6.45) is 0. The van der Waals surface area contributed by atoms with E-state index in [0.717, 1.165) is 18.7 Å². The Morgan fingerprint density at radius 1 is 1.18 bits per heavy atom. The van der Waals surface area contributed by atoms with E-state index in [1.54, 1.807) is 6.07 Å². The summed E-state index contributed by atoms with van der Waals surface area (Å²) in [6, 6.07) is 15.1. The molecule has 1 heterocycles. The van der Waals surface area contributed by atoms with Crippen LogP contribution in [0.25, 0.3) is 0 Å². The molecule has 0 saturated heterocycles. The van der Waals surface area contributed by atoms with Gasteiger partial charge in [0.1, 0.15) is 0 Å². The molecule has 2 aromatic carbocycles. The van der Waals surface area contributed by atoms with Crippen molar-refractivity contribution in [3.05, 3.63) is 65.5 Å². The highest BCUT2D eigenvalue weighted by Crippen LogP contribution is 2.35. The Kier molecular flexibility index (Phi) is 4.41. The van der Waals surface area contributed by atoms with E-state index in [2.05, 4.69) is 24.1 Å². The fourth-order valence-electron chi connectivity index (χ4n) is 3.01. The fraction of sp³-hybridized carbons (Fsp3) is 0.333.